The number of hydrogen-bond acceptors (Lipinski definition) is 3. The zero-order valence-corrected chi connectivity index (χ0v) is 12.3. The fourth-order valence-electron chi connectivity index (χ4n) is 2.88. The number of likely N-dealkylation sites (tertiary alicyclic amines) is 1. The van der Waals surface area contributed by atoms with Crippen LogP contribution in [0.25, 0.3) is 5.69 Å². The molecule has 5 nitrogen and oxygen atoms in total. The molecule has 1 N–H and O–H groups in total. The third-order valence-electron chi connectivity index (χ3n) is 3.88. The SMILES string of the molecule is C[C@@H]1CCC[NH+](Cc2nnnn2-c2ccc(Cl)cc2)C1. The molecule has 6 heteroatoms. The van der Waals surface area contributed by atoms with Gasteiger partial charge in [0, 0.05) is 10.9 Å². The summed E-state index contributed by atoms with van der Waals surface area (Å²) in [7, 11) is 0. The Morgan fingerprint density at radius 1 is 1.35 bits per heavy atom. The third kappa shape index (κ3) is 2.99. The Labute approximate surface area is 123 Å². The Kier molecular flexibility index (Phi) is 3.98. The summed E-state index contributed by atoms with van der Waals surface area (Å²) in [6.07, 6.45) is 2.63. The zero-order chi connectivity index (χ0) is 13.9. The first-order chi connectivity index (χ1) is 9.72. The van der Waals surface area contributed by atoms with Crippen LogP contribution >= 0.6 is 11.6 Å². The fraction of sp³-hybridized carbons (Fsp3) is 0.500. The summed E-state index contributed by atoms with van der Waals surface area (Å²) >= 11 is 5.92. The van der Waals surface area contributed by atoms with Crippen molar-refractivity contribution in [1.29, 1.82) is 0 Å². The Hall–Kier alpha value is -1.46. The smallest absolute Gasteiger partial charge is 0.210 e. The third-order valence-corrected chi connectivity index (χ3v) is 4.13. The van der Waals surface area contributed by atoms with Gasteiger partial charge in [-0.25, -0.2) is 0 Å². The van der Waals surface area contributed by atoms with E-state index in [1.54, 1.807) is 4.90 Å². The summed E-state index contributed by atoms with van der Waals surface area (Å²) in [6, 6.07) is 7.60. The fourth-order valence-corrected chi connectivity index (χ4v) is 3.01. The molecule has 1 aliphatic heterocycles. The van der Waals surface area contributed by atoms with E-state index in [4.69, 9.17) is 11.6 Å². The van der Waals surface area contributed by atoms with Crippen LogP contribution in [0.2, 0.25) is 5.02 Å². The number of nitrogens with zero attached hydrogens (tertiary/aromatic N) is 4. The van der Waals surface area contributed by atoms with Crippen LogP contribution in [0.4, 0.5) is 0 Å². The number of hydrogen-bond donors (Lipinski definition) is 1. The van der Waals surface area contributed by atoms with Gasteiger partial charge >= 0.3 is 0 Å². The van der Waals surface area contributed by atoms with E-state index in [2.05, 4.69) is 22.4 Å². The van der Waals surface area contributed by atoms with Gasteiger partial charge in [-0.1, -0.05) is 18.5 Å². The second-order valence-electron chi connectivity index (χ2n) is 5.61. The van der Waals surface area contributed by atoms with Crippen molar-refractivity contribution in [2.24, 2.45) is 5.92 Å². The first-order valence-electron chi connectivity index (χ1n) is 7.09. The Bertz CT molecular complexity index is 565. The molecule has 1 fully saturated rings. The number of rotatable bonds is 3. The summed E-state index contributed by atoms with van der Waals surface area (Å²) in [5.74, 6) is 1.70. The molecule has 2 heterocycles. The molecule has 0 bridgehead atoms. The number of benzene rings is 1. The average molecular weight is 293 g/mol. The minimum atomic E-state index is 0.721. The highest BCUT2D eigenvalue weighted by molar-refractivity contribution is 6.30. The van der Waals surface area contributed by atoms with Crippen molar-refractivity contribution in [1.82, 2.24) is 20.2 Å². The molecule has 20 heavy (non-hydrogen) atoms. The van der Waals surface area contributed by atoms with Crippen molar-refractivity contribution in [2.75, 3.05) is 13.1 Å². The van der Waals surface area contributed by atoms with E-state index in [9.17, 15) is 0 Å². The molecular weight excluding hydrogens is 274 g/mol. The normalized spacial score (nSPS) is 22.9. The molecule has 1 aliphatic rings. The maximum Gasteiger partial charge on any atom is 0.210 e. The van der Waals surface area contributed by atoms with Crippen LogP contribution in [0.15, 0.2) is 24.3 Å². The summed E-state index contributed by atoms with van der Waals surface area (Å²) in [5, 5.41) is 12.8. The monoisotopic (exact) mass is 292 g/mol. The molecule has 1 aromatic heterocycles. The van der Waals surface area contributed by atoms with Gasteiger partial charge in [-0.3, -0.25) is 0 Å². The van der Waals surface area contributed by atoms with Gasteiger partial charge in [-0.2, -0.15) is 4.68 Å². The molecule has 2 atom stereocenters. The summed E-state index contributed by atoms with van der Waals surface area (Å²) in [5.41, 5.74) is 0.957. The van der Waals surface area contributed by atoms with Gasteiger partial charge in [-0.15, -0.1) is 5.10 Å². The van der Waals surface area contributed by atoms with E-state index in [1.165, 1.54) is 25.9 Å². The van der Waals surface area contributed by atoms with Crippen LogP contribution in [0.1, 0.15) is 25.6 Å². The second-order valence-corrected chi connectivity index (χ2v) is 6.05. The largest absolute Gasteiger partial charge is 0.328 e. The molecule has 0 saturated carbocycles. The van der Waals surface area contributed by atoms with Crippen LogP contribution in [-0.4, -0.2) is 33.3 Å². The highest BCUT2D eigenvalue weighted by Gasteiger charge is 2.22. The topological polar surface area (TPSA) is 48.0 Å². The Morgan fingerprint density at radius 2 is 2.15 bits per heavy atom. The molecule has 1 aromatic carbocycles. The molecule has 0 aliphatic carbocycles. The molecular formula is C14H19ClN5+. The second kappa shape index (κ2) is 5.89. The highest BCUT2D eigenvalue weighted by atomic mass is 35.5. The van der Waals surface area contributed by atoms with Gasteiger partial charge in [0.2, 0.25) is 5.82 Å². The van der Waals surface area contributed by atoms with Gasteiger partial charge in [-0.05, 0) is 47.5 Å². The molecule has 106 valence electrons. The predicted octanol–water partition coefficient (Wildman–Crippen LogP) is 1.13. The zero-order valence-electron chi connectivity index (χ0n) is 11.6. The maximum atomic E-state index is 5.92. The van der Waals surface area contributed by atoms with Crippen molar-refractivity contribution < 1.29 is 4.90 Å². The predicted molar refractivity (Wildman–Crippen MR) is 77.0 cm³/mol. The van der Waals surface area contributed by atoms with Gasteiger partial charge in [0.05, 0.1) is 18.8 Å². The summed E-state index contributed by atoms with van der Waals surface area (Å²) in [6.45, 7) is 5.60. The van der Waals surface area contributed by atoms with Crippen molar-refractivity contribution in [3.8, 4) is 5.69 Å². The lowest BCUT2D eigenvalue weighted by molar-refractivity contribution is -0.922. The first-order valence-corrected chi connectivity index (χ1v) is 7.47. The van der Waals surface area contributed by atoms with Crippen LogP contribution in [0.3, 0.4) is 0 Å². The van der Waals surface area contributed by atoms with Crippen LogP contribution < -0.4 is 4.90 Å². The van der Waals surface area contributed by atoms with E-state index < -0.39 is 0 Å². The van der Waals surface area contributed by atoms with E-state index in [1.807, 2.05) is 28.9 Å². The maximum absolute atomic E-state index is 5.92. The quantitative estimate of drug-likeness (QED) is 0.923. The van der Waals surface area contributed by atoms with E-state index in [0.29, 0.717) is 0 Å². The number of aromatic nitrogens is 4. The molecule has 2 aromatic rings. The standard InChI is InChI=1S/C14H18ClN5/c1-11-3-2-8-19(9-11)10-14-16-17-18-20(14)13-6-4-12(15)5-7-13/h4-7,11H,2-3,8-10H2,1H3/p+1/t11-/m1/s1. The number of piperidine rings is 1. The number of halogens is 1. The lowest BCUT2D eigenvalue weighted by Gasteiger charge is -2.27. The number of quaternary nitrogens is 1. The number of tetrazole rings is 1. The number of nitrogens with one attached hydrogen (secondary N) is 1. The highest BCUT2D eigenvalue weighted by Crippen LogP contribution is 2.13. The minimum absolute atomic E-state index is 0.721. The molecule has 0 radical (unpaired) electrons. The summed E-state index contributed by atoms with van der Waals surface area (Å²) in [4.78, 5) is 1.56. The van der Waals surface area contributed by atoms with Crippen LogP contribution in [0, 0.1) is 5.92 Å². The van der Waals surface area contributed by atoms with E-state index in [0.717, 1.165) is 29.0 Å². The van der Waals surface area contributed by atoms with Crippen molar-refractivity contribution in [3.63, 3.8) is 0 Å². The molecule has 0 amide bonds. The average Bonchev–Trinajstić information content (AvgIpc) is 2.88. The summed E-state index contributed by atoms with van der Waals surface area (Å²) < 4.78 is 1.81. The van der Waals surface area contributed by atoms with Crippen LogP contribution in [-0.2, 0) is 6.54 Å². The molecule has 1 unspecified atom stereocenters. The molecule has 0 spiro atoms. The lowest BCUT2D eigenvalue weighted by Crippen LogP contribution is -3.12. The van der Waals surface area contributed by atoms with Crippen molar-refractivity contribution in [2.45, 2.75) is 26.3 Å². The van der Waals surface area contributed by atoms with Crippen molar-refractivity contribution >= 4 is 11.6 Å². The Balaban J connectivity index is 1.78. The van der Waals surface area contributed by atoms with Crippen molar-refractivity contribution in [3.05, 3.63) is 35.1 Å². The molecule has 1 saturated heterocycles. The van der Waals surface area contributed by atoms with Crippen LogP contribution in [0.5, 0.6) is 0 Å². The van der Waals surface area contributed by atoms with Gasteiger partial charge in [0.15, 0.2) is 0 Å². The first kappa shape index (κ1) is 13.5. The van der Waals surface area contributed by atoms with Gasteiger partial charge in [0.25, 0.3) is 0 Å². The van der Waals surface area contributed by atoms with E-state index >= 15 is 0 Å². The van der Waals surface area contributed by atoms with Gasteiger partial charge in [0.1, 0.15) is 6.54 Å². The lowest BCUT2D eigenvalue weighted by atomic mass is 10.0. The van der Waals surface area contributed by atoms with E-state index in [-0.39, 0.29) is 0 Å². The molecule has 3 rings (SSSR count). The van der Waals surface area contributed by atoms with Gasteiger partial charge < -0.3 is 4.90 Å². The minimum Gasteiger partial charge on any atom is -0.328 e. The Morgan fingerprint density at radius 3 is 2.90 bits per heavy atom.